The zero-order valence-corrected chi connectivity index (χ0v) is 12.0. The molecule has 0 fully saturated rings. The molecule has 0 amide bonds. The van der Waals surface area contributed by atoms with E-state index in [4.69, 9.17) is 0 Å². The van der Waals surface area contributed by atoms with Crippen LogP contribution >= 0.6 is 0 Å². The number of rotatable bonds is 9. The van der Waals surface area contributed by atoms with Crippen LogP contribution in [0.1, 0.15) is 65.7 Å². The van der Waals surface area contributed by atoms with Gasteiger partial charge in [0, 0.05) is 25.5 Å². The Balaban J connectivity index is 2.28. The van der Waals surface area contributed by atoms with Gasteiger partial charge in [-0.15, -0.1) is 0 Å². The Kier molecular flexibility index (Phi) is 7.14. The Labute approximate surface area is 108 Å². The topological polar surface area (TPSA) is 6.48 Å². The first-order chi connectivity index (χ1) is 8.33. The molecule has 0 bridgehead atoms. The zero-order valence-electron chi connectivity index (χ0n) is 12.0. The van der Waals surface area contributed by atoms with E-state index in [0.717, 1.165) is 0 Å². The molecule has 0 spiro atoms. The summed E-state index contributed by atoms with van der Waals surface area (Å²) in [6.07, 6.45) is 14.5. The predicted octanol–water partition coefficient (Wildman–Crippen LogP) is 4.19. The monoisotopic (exact) mass is 238 g/mol. The van der Waals surface area contributed by atoms with Crippen molar-refractivity contribution in [1.82, 2.24) is 9.80 Å². The van der Waals surface area contributed by atoms with Gasteiger partial charge >= 0.3 is 0 Å². The maximum Gasteiger partial charge on any atom is 0.100 e. The summed E-state index contributed by atoms with van der Waals surface area (Å²) in [5.41, 5.74) is 0. The van der Waals surface area contributed by atoms with Crippen molar-refractivity contribution < 1.29 is 0 Å². The first kappa shape index (κ1) is 14.4. The maximum atomic E-state index is 2.53. The van der Waals surface area contributed by atoms with Gasteiger partial charge in [0.05, 0.1) is 0 Å². The molecule has 1 rings (SSSR count). The van der Waals surface area contributed by atoms with Crippen LogP contribution in [-0.4, -0.2) is 29.1 Å². The Morgan fingerprint density at radius 3 is 1.88 bits per heavy atom. The van der Waals surface area contributed by atoms with Crippen molar-refractivity contribution in [3.8, 4) is 0 Å². The van der Waals surface area contributed by atoms with Gasteiger partial charge in [-0.3, -0.25) is 0 Å². The van der Waals surface area contributed by atoms with Gasteiger partial charge in [0.15, 0.2) is 0 Å². The molecule has 1 heterocycles. The fourth-order valence-corrected chi connectivity index (χ4v) is 2.54. The van der Waals surface area contributed by atoms with Crippen molar-refractivity contribution in [3.63, 3.8) is 0 Å². The van der Waals surface area contributed by atoms with Crippen molar-refractivity contribution in [2.45, 2.75) is 71.9 Å². The highest BCUT2D eigenvalue weighted by Gasteiger charge is 2.23. The smallest absolute Gasteiger partial charge is 0.100 e. The summed E-state index contributed by atoms with van der Waals surface area (Å²) in [5, 5.41) is 0. The molecule has 17 heavy (non-hydrogen) atoms. The van der Waals surface area contributed by atoms with Crippen molar-refractivity contribution >= 4 is 0 Å². The van der Waals surface area contributed by atoms with E-state index in [0.29, 0.717) is 6.17 Å². The molecule has 2 nitrogen and oxygen atoms in total. The van der Waals surface area contributed by atoms with Crippen molar-refractivity contribution in [2.75, 3.05) is 13.1 Å². The summed E-state index contributed by atoms with van der Waals surface area (Å²) in [7, 11) is 0. The normalized spacial score (nSPS) is 19.4. The molecular weight excluding hydrogens is 208 g/mol. The minimum absolute atomic E-state index is 0.628. The zero-order chi connectivity index (χ0) is 12.5. The third-order valence-corrected chi connectivity index (χ3v) is 3.62. The van der Waals surface area contributed by atoms with Crippen LogP contribution in [0.2, 0.25) is 0 Å². The molecule has 0 aromatic heterocycles. The van der Waals surface area contributed by atoms with Crippen molar-refractivity contribution in [3.05, 3.63) is 12.4 Å². The molecule has 0 saturated carbocycles. The summed E-state index contributed by atoms with van der Waals surface area (Å²) in [6.45, 7) is 9.30. The van der Waals surface area contributed by atoms with Crippen LogP contribution < -0.4 is 0 Å². The molecule has 0 aromatic rings. The highest BCUT2D eigenvalue weighted by molar-refractivity contribution is 4.96. The second kappa shape index (κ2) is 8.43. The summed E-state index contributed by atoms with van der Waals surface area (Å²) < 4.78 is 0. The average Bonchev–Trinajstić information content (AvgIpc) is 2.74. The van der Waals surface area contributed by atoms with Gasteiger partial charge in [0.25, 0.3) is 0 Å². The lowest BCUT2D eigenvalue weighted by atomic mass is 10.2. The van der Waals surface area contributed by atoms with Gasteiger partial charge in [0.1, 0.15) is 6.17 Å². The first-order valence-electron chi connectivity index (χ1n) is 7.53. The minimum atomic E-state index is 0.628. The molecule has 1 unspecified atom stereocenters. The molecule has 0 aliphatic carbocycles. The quantitative estimate of drug-likeness (QED) is 0.556. The Bertz CT molecular complexity index is 213. The van der Waals surface area contributed by atoms with Crippen molar-refractivity contribution in [1.29, 1.82) is 0 Å². The Hall–Kier alpha value is -0.660. The van der Waals surface area contributed by atoms with E-state index < -0.39 is 0 Å². The maximum absolute atomic E-state index is 2.53. The van der Waals surface area contributed by atoms with Crippen LogP contribution in [-0.2, 0) is 0 Å². The lowest BCUT2D eigenvalue weighted by Crippen LogP contribution is -2.38. The van der Waals surface area contributed by atoms with Crippen LogP contribution in [0.4, 0.5) is 0 Å². The second-order valence-electron chi connectivity index (χ2n) is 5.08. The molecule has 0 radical (unpaired) electrons. The molecular formula is C15H30N2. The van der Waals surface area contributed by atoms with E-state index >= 15 is 0 Å². The fourth-order valence-electron chi connectivity index (χ4n) is 2.54. The lowest BCUT2D eigenvalue weighted by Gasteiger charge is -2.32. The van der Waals surface area contributed by atoms with Crippen LogP contribution in [0.5, 0.6) is 0 Å². The average molecular weight is 238 g/mol. The van der Waals surface area contributed by atoms with Gasteiger partial charge in [-0.1, -0.05) is 46.5 Å². The van der Waals surface area contributed by atoms with Gasteiger partial charge in [-0.05, 0) is 19.3 Å². The van der Waals surface area contributed by atoms with Gasteiger partial charge in [-0.2, -0.15) is 0 Å². The highest BCUT2D eigenvalue weighted by atomic mass is 15.4. The van der Waals surface area contributed by atoms with E-state index in [-0.39, 0.29) is 0 Å². The minimum Gasteiger partial charge on any atom is -0.356 e. The van der Waals surface area contributed by atoms with Crippen LogP contribution in [0.25, 0.3) is 0 Å². The molecule has 1 atom stereocenters. The van der Waals surface area contributed by atoms with Gasteiger partial charge in [-0.25, -0.2) is 0 Å². The van der Waals surface area contributed by atoms with Crippen molar-refractivity contribution in [2.24, 2.45) is 0 Å². The largest absolute Gasteiger partial charge is 0.356 e. The first-order valence-corrected chi connectivity index (χ1v) is 7.53. The van der Waals surface area contributed by atoms with Crippen LogP contribution in [0.3, 0.4) is 0 Å². The third kappa shape index (κ3) is 4.61. The number of unbranched alkanes of at least 4 members (excludes halogenated alkanes) is 4. The Morgan fingerprint density at radius 2 is 1.35 bits per heavy atom. The number of hydrogen-bond acceptors (Lipinski definition) is 2. The van der Waals surface area contributed by atoms with Gasteiger partial charge in [0.2, 0.25) is 0 Å². The predicted molar refractivity (Wildman–Crippen MR) is 75.7 cm³/mol. The molecule has 0 aromatic carbocycles. The van der Waals surface area contributed by atoms with E-state index in [1.54, 1.807) is 0 Å². The summed E-state index contributed by atoms with van der Waals surface area (Å²) in [5.74, 6) is 0. The number of hydrogen-bond donors (Lipinski definition) is 0. The van der Waals surface area contributed by atoms with Crippen LogP contribution in [0, 0.1) is 0 Å². The summed E-state index contributed by atoms with van der Waals surface area (Å²) >= 11 is 0. The molecule has 1 aliphatic heterocycles. The van der Waals surface area contributed by atoms with Gasteiger partial charge < -0.3 is 9.80 Å². The SMILES string of the molecule is CCCCCCN1C=CN(CCCC)C1CC. The van der Waals surface area contributed by atoms with E-state index in [2.05, 4.69) is 43.0 Å². The summed E-state index contributed by atoms with van der Waals surface area (Å²) in [4.78, 5) is 5.05. The molecule has 0 saturated heterocycles. The standard InChI is InChI=1S/C15H30N2/c1-4-7-9-10-12-17-14-13-16(11-8-5-2)15(17)6-3/h13-15H,4-12H2,1-3H3. The highest BCUT2D eigenvalue weighted by Crippen LogP contribution is 2.20. The van der Waals surface area contributed by atoms with E-state index in [1.807, 2.05) is 0 Å². The van der Waals surface area contributed by atoms with E-state index in [1.165, 1.54) is 58.0 Å². The molecule has 0 N–H and O–H groups in total. The van der Waals surface area contributed by atoms with E-state index in [9.17, 15) is 0 Å². The molecule has 2 heteroatoms. The molecule has 100 valence electrons. The Morgan fingerprint density at radius 1 is 0.765 bits per heavy atom. The second-order valence-corrected chi connectivity index (χ2v) is 5.08. The lowest BCUT2D eigenvalue weighted by molar-refractivity contribution is 0.144. The van der Waals surface area contributed by atoms with Crippen LogP contribution in [0.15, 0.2) is 12.4 Å². The third-order valence-electron chi connectivity index (χ3n) is 3.62. The fraction of sp³-hybridized carbons (Fsp3) is 0.867. The summed E-state index contributed by atoms with van der Waals surface area (Å²) in [6, 6.07) is 0. The number of nitrogens with zero attached hydrogens (tertiary/aromatic N) is 2. The molecule has 1 aliphatic rings.